The van der Waals surface area contributed by atoms with Crippen LogP contribution in [0.25, 0.3) is 44.2 Å². The topological polar surface area (TPSA) is 55.8 Å². The summed E-state index contributed by atoms with van der Waals surface area (Å²) in [6.07, 6.45) is 14.2. The summed E-state index contributed by atoms with van der Waals surface area (Å²) in [7, 11) is 0. The van der Waals surface area contributed by atoms with Gasteiger partial charge in [0.25, 0.3) is 0 Å². The van der Waals surface area contributed by atoms with Crippen molar-refractivity contribution in [3.8, 4) is 23.3 Å². The summed E-state index contributed by atoms with van der Waals surface area (Å²) in [5, 5.41) is 22.5. The number of fused-ring (bicyclic) bond motifs is 6. The van der Waals surface area contributed by atoms with Gasteiger partial charge in [-0.05, 0) is 82.6 Å². The summed E-state index contributed by atoms with van der Waals surface area (Å²) >= 11 is 0. The number of allylic oxidation sites excluding steroid dienone is 6. The first-order chi connectivity index (χ1) is 24.1. The van der Waals surface area contributed by atoms with Gasteiger partial charge in [-0.1, -0.05) is 110 Å². The van der Waals surface area contributed by atoms with E-state index in [1.54, 1.807) is 0 Å². The highest BCUT2D eigenvalue weighted by atomic mass is 15.2. The number of nitrogens with zero attached hydrogens (tertiary/aromatic N) is 4. The number of rotatable bonds is 4. The first-order valence-electron chi connectivity index (χ1n) is 16.9. The molecule has 2 aliphatic carbocycles. The molecule has 1 aliphatic heterocycles. The lowest BCUT2D eigenvalue weighted by atomic mass is 9.88. The van der Waals surface area contributed by atoms with Crippen molar-refractivity contribution in [3.63, 3.8) is 0 Å². The van der Waals surface area contributed by atoms with Crippen LogP contribution in [0.1, 0.15) is 41.5 Å². The molecule has 49 heavy (non-hydrogen) atoms. The Hall–Kier alpha value is -6.36. The van der Waals surface area contributed by atoms with E-state index in [9.17, 15) is 10.5 Å². The minimum atomic E-state index is 0.148. The minimum Gasteiger partial charge on any atom is -0.332 e. The SMILES string of the molecule is CC1C=CC(n2c3ccccc3c3c(C#N)cccc32)=C(c2ccc(-c3ccc(N4c5ccccc5C5C=CC=CC54)c(C#N)c3)cc2)C1. The van der Waals surface area contributed by atoms with Gasteiger partial charge in [-0.3, -0.25) is 0 Å². The Bertz CT molecular complexity index is 2530. The molecule has 0 saturated heterocycles. The van der Waals surface area contributed by atoms with Gasteiger partial charge in [-0.25, -0.2) is 0 Å². The van der Waals surface area contributed by atoms with Crippen LogP contribution < -0.4 is 4.90 Å². The summed E-state index contributed by atoms with van der Waals surface area (Å²) in [5.74, 6) is 0.671. The van der Waals surface area contributed by atoms with E-state index in [1.807, 2.05) is 24.3 Å². The van der Waals surface area contributed by atoms with Crippen molar-refractivity contribution in [1.82, 2.24) is 4.57 Å². The molecule has 0 amide bonds. The molecular formula is C45H32N4. The van der Waals surface area contributed by atoms with E-state index in [0.717, 1.165) is 56.4 Å². The minimum absolute atomic E-state index is 0.148. The molecule has 4 heteroatoms. The highest BCUT2D eigenvalue weighted by Gasteiger charge is 2.38. The molecule has 3 aliphatic rings. The standard InChI is InChI=1S/C45H32N4/c1-29-17-23-43(49-42-15-7-4-12-37(42)45-33(27-46)9-8-16-44(45)49)38(25-29)31-20-18-30(19-21-31)32-22-24-39(34(26-32)28-47)48-40-13-5-2-10-35(40)36-11-3-6-14-41(36)48/h2-24,26,29,35,40H,25H2,1H3. The second-order valence-electron chi connectivity index (χ2n) is 13.2. The van der Waals surface area contributed by atoms with E-state index in [1.165, 1.54) is 16.7 Å². The summed E-state index contributed by atoms with van der Waals surface area (Å²) in [6.45, 7) is 2.26. The molecule has 232 valence electrons. The Labute approximate surface area is 286 Å². The highest BCUT2D eigenvalue weighted by Crippen LogP contribution is 2.49. The van der Waals surface area contributed by atoms with Crippen LogP contribution >= 0.6 is 0 Å². The molecule has 3 unspecified atom stereocenters. The number of hydrogen-bond acceptors (Lipinski definition) is 3. The molecule has 0 saturated carbocycles. The lowest BCUT2D eigenvalue weighted by Gasteiger charge is -2.29. The fraction of sp³-hybridized carbons (Fsp3) is 0.111. The first-order valence-corrected chi connectivity index (χ1v) is 16.9. The van der Waals surface area contributed by atoms with Crippen molar-refractivity contribution in [2.75, 3.05) is 4.90 Å². The number of para-hydroxylation sites is 2. The lowest BCUT2D eigenvalue weighted by molar-refractivity contribution is 0.744. The molecule has 5 aromatic carbocycles. The summed E-state index contributed by atoms with van der Waals surface area (Å²) < 4.78 is 2.33. The van der Waals surface area contributed by atoms with Crippen molar-refractivity contribution in [3.05, 3.63) is 168 Å². The Balaban J connectivity index is 1.12. The maximum absolute atomic E-state index is 10.4. The van der Waals surface area contributed by atoms with Crippen molar-refractivity contribution in [2.45, 2.75) is 25.3 Å². The van der Waals surface area contributed by atoms with Crippen LogP contribution in [0.3, 0.4) is 0 Å². The third kappa shape index (κ3) is 4.50. The predicted octanol–water partition coefficient (Wildman–Crippen LogP) is 10.9. The number of hydrogen-bond donors (Lipinski definition) is 0. The maximum Gasteiger partial charge on any atom is 0.101 e. The number of nitriles is 2. The average Bonchev–Trinajstić information content (AvgIpc) is 3.68. The second kappa shape index (κ2) is 11.4. The fourth-order valence-corrected chi connectivity index (χ4v) is 8.15. The Kier molecular flexibility index (Phi) is 6.71. The zero-order valence-corrected chi connectivity index (χ0v) is 27.1. The highest BCUT2D eigenvalue weighted by molar-refractivity contribution is 6.14. The van der Waals surface area contributed by atoms with Gasteiger partial charge in [0.2, 0.25) is 0 Å². The van der Waals surface area contributed by atoms with Gasteiger partial charge in [0, 0.05) is 28.1 Å². The first kappa shape index (κ1) is 28.8. The van der Waals surface area contributed by atoms with Crippen LogP contribution in [0.5, 0.6) is 0 Å². The van der Waals surface area contributed by atoms with E-state index in [0.29, 0.717) is 17.0 Å². The van der Waals surface area contributed by atoms with E-state index in [-0.39, 0.29) is 12.0 Å². The quantitative estimate of drug-likeness (QED) is 0.195. The average molecular weight is 629 g/mol. The summed E-state index contributed by atoms with van der Waals surface area (Å²) in [5.41, 5.74) is 12.6. The van der Waals surface area contributed by atoms with Crippen LogP contribution in [0.2, 0.25) is 0 Å². The number of aromatic nitrogens is 1. The Morgan fingerprint density at radius 1 is 0.653 bits per heavy atom. The van der Waals surface area contributed by atoms with Gasteiger partial charge in [0.1, 0.15) is 6.07 Å². The molecule has 4 nitrogen and oxygen atoms in total. The molecule has 6 aromatic rings. The normalized spacial score (nSPS) is 19.2. The zero-order chi connectivity index (χ0) is 33.1. The van der Waals surface area contributed by atoms with Crippen molar-refractivity contribution >= 4 is 44.5 Å². The molecule has 1 aromatic heterocycles. The number of benzene rings is 5. The Morgan fingerprint density at radius 2 is 1.39 bits per heavy atom. The molecule has 0 bridgehead atoms. The van der Waals surface area contributed by atoms with Crippen LogP contribution in [-0.2, 0) is 0 Å². The second-order valence-corrected chi connectivity index (χ2v) is 13.2. The predicted molar refractivity (Wildman–Crippen MR) is 200 cm³/mol. The van der Waals surface area contributed by atoms with Gasteiger partial charge < -0.3 is 9.47 Å². The lowest BCUT2D eigenvalue weighted by Crippen LogP contribution is -2.29. The van der Waals surface area contributed by atoms with E-state index < -0.39 is 0 Å². The van der Waals surface area contributed by atoms with Crippen LogP contribution in [0, 0.1) is 28.6 Å². The van der Waals surface area contributed by atoms with Crippen LogP contribution in [0.15, 0.2) is 146 Å². The van der Waals surface area contributed by atoms with Crippen molar-refractivity contribution in [2.24, 2.45) is 5.92 Å². The third-order valence-corrected chi connectivity index (χ3v) is 10.4. The van der Waals surface area contributed by atoms with Gasteiger partial charge >= 0.3 is 0 Å². The third-order valence-electron chi connectivity index (χ3n) is 10.4. The summed E-state index contributed by atoms with van der Waals surface area (Å²) in [4.78, 5) is 2.32. The van der Waals surface area contributed by atoms with Crippen LogP contribution in [0.4, 0.5) is 11.4 Å². The smallest absolute Gasteiger partial charge is 0.101 e. The molecular weight excluding hydrogens is 597 g/mol. The molecule has 3 atom stereocenters. The van der Waals surface area contributed by atoms with Gasteiger partial charge in [0.15, 0.2) is 0 Å². The van der Waals surface area contributed by atoms with Crippen molar-refractivity contribution < 1.29 is 0 Å². The van der Waals surface area contributed by atoms with E-state index in [4.69, 9.17) is 0 Å². The van der Waals surface area contributed by atoms with Crippen molar-refractivity contribution in [1.29, 1.82) is 10.5 Å². The molecule has 2 heterocycles. The molecule has 0 radical (unpaired) electrons. The van der Waals surface area contributed by atoms with Crippen LogP contribution in [-0.4, -0.2) is 10.6 Å². The van der Waals surface area contributed by atoms with Gasteiger partial charge in [-0.15, -0.1) is 0 Å². The van der Waals surface area contributed by atoms with Gasteiger partial charge in [-0.2, -0.15) is 10.5 Å². The molecule has 0 N–H and O–H groups in total. The fourth-order valence-electron chi connectivity index (χ4n) is 8.15. The van der Waals surface area contributed by atoms with E-state index >= 15 is 0 Å². The van der Waals surface area contributed by atoms with Gasteiger partial charge in [0.05, 0.1) is 40.0 Å². The summed E-state index contributed by atoms with van der Waals surface area (Å²) in [6, 6.07) is 43.1. The monoisotopic (exact) mass is 628 g/mol. The molecule has 0 fully saturated rings. The molecule has 0 spiro atoms. The molecule has 9 rings (SSSR count). The maximum atomic E-state index is 10.4. The van der Waals surface area contributed by atoms with E-state index in [2.05, 4.69) is 150 Å². The largest absolute Gasteiger partial charge is 0.332 e. The number of anilines is 2. The Morgan fingerprint density at radius 3 is 2.24 bits per heavy atom. The zero-order valence-electron chi connectivity index (χ0n) is 27.1.